The largest absolute Gasteiger partial charge is 0.508 e. The lowest BCUT2D eigenvalue weighted by atomic mass is 9.76. The molecule has 2 unspecified atom stereocenters. The van der Waals surface area contributed by atoms with E-state index in [0.29, 0.717) is 6.61 Å². The third-order valence-corrected chi connectivity index (χ3v) is 6.77. The molecule has 1 fully saturated rings. The fourth-order valence-electron chi connectivity index (χ4n) is 4.98. The lowest BCUT2D eigenvalue weighted by Gasteiger charge is -2.34. The number of ether oxygens (including phenoxy) is 2. The van der Waals surface area contributed by atoms with Gasteiger partial charge in [-0.2, -0.15) is 0 Å². The molecule has 0 radical (unpaired) electrons. The van der Waals surface area contributed by atoms with Crippen LogP contribution < -0.4 is 9.47 Å². The minimum Gasteiger partial charge on any atom is -0.508 e. The topological polar surface area (TPSA) is 41.9 Å². The van der Waals surface area contributed by atoms with Gasteiger partial charge in [0.2, 0.25) is 0 Å². The summed E-state index contributed by atoms with van der Waals surface area (Å²) < 4.78 is 12.1. The molecule has 32 heavy (non-hydrogen) atoms. The second kappa shape index (κ2) is 9.25. The van der Waals surface area contributed by atoms with Crippen LogP contribution in [0.1, 0.15) is 46.9 Å². The van der Waals surface area contributed by atoms with Crippen LogP contribution in [0, 0.1) is 6.92 Å². The highest BCUT2D eigenvalue weighted by Crippen LogP contribution is 2.47. The summed E-state index contributed by atoms with van der Waals surface area (Å²) >= 11 is 0. The Morgan fingerprint density at radius 1 is 0.938 bits per heavy atom. The van der Waals surface area contributed by atoms with Crippen LogP contribution in [0.4, 0.5) is 0 Å². The van der Waals surface area contributed by atoms with Gasteiger partial charge < -0.3 is 14.6 Å². The highest BCUT2D eigenvalue weighted by Gasteiger charge is 2.33. The van der Waals surface area contributed by atoms with Crippen LogP contribution in [-0.2, 0) is 0 Å². The molecule has 2 atom stereocenters. The third-order valence-electron chi connectivity index (χ3n) is 6.77. The number of hydrogen-bond acceptors (Lipinski definition) is 4. The van der Waals surface area contributed by atoms with Crippen LogP contribution >= 0.6 is 0 Å². The number of aromatic hydroxyl groups is 1. The SMILES string of the molecule is Cc1ccc(C2COc3cc(O)ccc3C2c2ccc(OCCN3CCCC3)cc2)cc1. The monoisotopic (exact) mass is 429 g/mol. The summed E-state index contributed by atoms with van der Waals surface area (Å²) in [7, 11) is 0. The van der Waals surface area contributed by atoms with E-state index in [1.54, 1.807) is 12.1 Å². The first-order chi connectivity index (χ1) is 15.7. The van der Waals surface area contributed by atoms with Crippen molar-refractivity contribution in [1.29, 1.82) is 0 Å². The van der Waals surface area contributed by atoms with E-state index in [1.165, 1.54) is 42.6 Å². The van der Waals surface area contributed by atoms with Gasteiger partial charge >= 0.3 is 0 Å². The summed E-state index contributed by atoms with van der Waals surface area (Å²) in [6.07, 6.45) is 2.61. The molecule has 1 N–H and O–H groups in total. The van der Waals surface area contributed by atoms with Gasteiger partial charge in [-0.05, 0) is 62.2 Å². The Morgan fingerprint density at radius 2 is 1.66 bits per heavy atom. The van der Waals surface area contributed by atoms with Crippen molar-refractivity contribution in [2.45, 2.75) is 31.6 Å². The number of fused-ring (bicyclic) bond motifs is 1. The van der Waals surface area contributed by atoms with Crippen LogP contribution in [0.15, 0.2) is 66.7 Å². The quantitative estimate of drug-likeness (QED) is 0.563. The minimum absolute atomic E-state index is 0.153. The molecule has 3 aromatic carbocycles. The third kappa shape index (κ3) is 4.46. The molecule has 4 nitrogen and oxygen atoms in total. The van der Waals surface area contributed by atoms with Crippen molar-refractivity contribution in [1.82, 2.24) is 4.90 Å². The minimum atomic E-state index is 0.153. The molecule has 0 aromatic heterocycles. The zero-order chi connectivity index (χ0) is 21.9. The van der Waals surface area contributed by atoms with Crippen molar-refractivity contribution in [2.75, 3.05) is 32.8 Å². The van der Waals surface area contributed by atoms with Crippen LogP contribution in [-0.4, -0.2) is 42.9 Å². The Bertz CT molecular complexity index is 1040. The molecule has 166 valence electrons. The van der Waals surface area contributed by atoms with Crippen molar-refractivity contribution in [3.05, 3.63) is 89.0 Å². The summed E-state index contributed by atoms with van der Waals surface area (Å²) in [5, 5.41) is 9.96. The van der Waals surface area contributed by atoms with E-state index in [2.05, 4.69) is 60.4 Å². The molecule has 1 saturated heterocycles. The van der Waals surface area contributed by atoms with Gasteiger partial charge in [0.25, 0.3) is 0 Å². The number of likely N-dealkylation sites (tertiary alicyclic amines) is 1. The standard InChI is InChI=1S/C28H31NO3/c1-20-4-6-21(7-5-20)26-19-32-27-18-23(30)10-13-25(27)28(26)22-8-11-24(12-9-22)31-17-16-29-14-2-3-15-29/h4-13,18,26,28,30H,2-3,14-17,19H2,1H3. The maximum atomic E-state index is 9.96. The van der Waals surface area contributed by atoms with Crippen molar-refractivity contribution < 1.29 is 14.6 Å². The molecule has 2 aliphatic heterocycles. The fraction of sp³-hybridized carbons (Fsp3) is 0.357. The van der Waals surface area contributed by atoms with Crippen LogP contribution in [0.3, 0.4) is 0 Å². The predicted octanol–water partition coefficient (Wildman–Crippen LogP) is 5.48. The number of phenols is 1. The lowest BCUT2D eigenvalue weighted by Crippen LogP contribution is -2.25. The van der Waals surface area contributed by atoms with Gasteiger partial charge in [-0.3, -0.25) is 4.90 Å². The maximum absolute atomic E-state index is 9.96. The Balaban J connectivity index is 1.39. The fourth-order valence-corrected chi connectivity index (χ4v) is 4.98. The molecule has 2 heterocycles. The average molecular weight is 430 g/mol. The lowest BCUT2D eigenvalue weighted by molar-refractivity contribution is 0.237. The first-order valence-electron chi connectivity index (χ1n) is 11.6. The van der Waals surface area contributed by atoms with Gasteiger partial charge in [-0.25, -0.2) is 0 Å². The van der Waals surface area contributed by atoms with E-state index >= 15 is 0 Å². The zero-order valence-electron chi connectivity index (χ0n) is 18.7. The van der Waals surface area contributed by atoms with E-state index in [9.17, 15) is 5.11 Å². The molecule has 2 aliphatic rings. The number of phenolic OH excluding ortho intramolecular Hbond substituents is 1. The Labute approximate surface area is 190 Å². The van der Waals surface area contributed by atoms with Gasteiger partial charge in [0, 0.05) is 30.0 Å². The number of hydrogen-bond donors (Lipinski definition) is 1. The molecule has 3 aromatic rings. The molecule has 0 saturated carbocycles. The second-order valence-corrected chi connectivity index (χ2v) is 8.99. The van der Waals surface area contributed by atoms with Gasteiger partial charge in [-0.1, -0.05) is 48.0 Å². The number of benzene rings is 3. The molecule has 5 rings (SSSR count). The molecule has 0 spiro atoms. The number of nitrogens with zero attached hydrogens (tertiary/aromatic N) is 1. The number of rotatable bonds is 6. The summed E-state index contributed by atoms with van der Waals surface area (Å²) in [6, 6.07) is 22.7. The molecular formula is C28H31NO3. The second-order valence-electron chi connectivity index (χ2n) is 8.99. The highest BCUT2D eigenvalue weighted by molar-refractivity contribution is 5.51. The molecule has 0 bridgehead atoms. The first-order valence-corrected chi connectivity index (χ1v) is 11.6. The normalized spacial score (nSPS) is 20.5. The molecular weight excluding hydrogens is 398 g/mol. The maximum Gasteiger partial charge on any atom is 0.126 e. The van der Waals surface area contributed by atoms with Gasteiger partial charge in [0.05, 0.1) is 6.61 Å². The van der Waals surface area contributed by atoms with E-state index in [-0.39, 0.29) is 17.6 Å². The average Bonchev–Trinajstić information content (AvgIpc) is 3.33. The summed E-state index contributed by atoms with van der Waals surface area (Å²) in [5.74, 6) is 2.27. The molecule has 0 aliphatic carbocycles. The van der Waals surface area contributed by atoms with Crippen molar-refractivity contribution in [3.63, 3.8) is 0 Å². The van der Waals surface area contributed by atoms with Crippen LogP contribution in [0.25, 0.3) is 0 Å². The Kier molecular flexibility index (Phi) is 6.04. The Morgan fingerprint density at radius 3 is 2.41 bits per heavy atom. The van der Waals surface area contributed by atoms with Crippen molar-refractivity contribution in [3.8, 4) is 17.2 Å². The van der Waals surface area contributed by atoms with Crippen LogP contribution in [0.5, 0.6) is 17.2 Å². The predicted molar refractivity (Wildman–Crippen MR) is 127 cm³/mol. The van der Waals surface area contributed by atoms with E-state index in [0.717, 1.165) is 30.2 Å². The zero-order valence-corrected chi connectivity index (χ0v) is 18.7. The van der Waals surface area contributed by atoms with Gasteiger partial charge in [0.1, 0.15) is 23.9 Å². The van der Waals surface area contributed by atoms with Crippen LogP contribution in [0.2, 0.25) is 0 Å². The van der Waals surface area contributed by atoms with E-state index in [1.807, 2.05) is 6.07 Å². The number of aryl methyl sites for hydroxylation is 1. The van der Waals surface area contributed by atoms with Gasteiger partial charge in [-0.15, -0.1) is 0 Å². The molecule has 4 heteroatoms. The van der Waals surface area contributed by atoms with E-state index < -0.39 is 0 Å². The first kappa shape index (κ1) is 20.9. The van der Waals surface area contributed by atoms with Crippen molar-refractivity contribution in [2.24, 2.45) is 0 Å². The van der Waals surface area contributed by atoms with E-state index in [4.69, 9.17) is 9.47 Å². The Hall–Kier alpha value is -2.98. The van der Waals surface area contributed by atoms with Crippen molar-refractivity contribution >= 4 is 0 Å². The summed E-state index contributed by atoms with van der Waals surface area (Å²) in [5.41, 5.74) is 4.87. The smallest absolute Gasteiger partial charge is 0.126 e. The molecule has 0 amide bonds. The highest BCUT2D eigenvalue weighted by atomic mass is 16.5. The summed E-state index contributed by atoms with van der Waals surface area (Å²) in [6.45, 7) is 6.80. The summed E-state index contributed by atoms with van der Waals surface area (Å²) in [4.78, 5) is 2.47. The van der Waals surface area contributed by atoms with Gasteiger partial charge in [0.15, 0.2) is 0 Å².